The number of rotatable bonds is 7. The van der Waals surface area contributed by atoms with Gasteiger partial charge in [-0.05, 0) is 30.3 Å². The lowest BCUT2D eigenvalue weighted by Gasteiger charge is -2.06. The highest BCUT2D eigenvalue weighted by molar-refractivity contribution is 5.87. The van der Waals surface area contributed by atoms with E-state index in [2.05, 4.69) is 15.8 Å². The lowest BCUT2D eigenvalue weighted by Crippen LogP contribution is -2.25. The number of hydrazone groups is 1. The van der Waals surface area contributed by atoms with Gasteiger partial charge < -0.3 is 10.1 Å². The second-order valence-electron chi connectivity index (χ2n) is 4.69. The quantitative estimate of drug-likeness (QED) is 0.460. The molecule has 2 aromatic rings. The van der Waals surface area contributed by atoms with Crippen LogP contribution < -0.4 is 15.5 Å². The molecule has 0 aliphatic rings. The Morgan fingerprint density at radius 2 is 1.96 bits per heavy atom. The van der Waals surface area contributed by atoms with E-state index < -0.39 is 4.92 Å². The van der Waals surface area contributed by atoms with Crippen LogP contribution in [0.2, 0.25) is 0 Å². The van der Waals surface area contributed by atoms with Gasteiger partial charge in [0.25, 0.3) is 11.6 Å². The number of nitrogens with zero attached hydrogens (tertiary/aromatic N) is 2. The number of nitro benzene ring substituents is 1. The number of nitro groups is 1. The van der Waals surface area contributed by atoms with Crippen molar-refractivity contribution < 1.29 is 14.5 Å². The van der Waals surface area contributed by atoms with Gasteiger partial charge in [-0.3, -0.25) is 14.9 Å². The first kappa shape index (κ1) is 16.9. The second kappa shape index (κ2) is 8.28. The molecule has 0 spiro atoms. The molecule has 2 aromatic carbocycles. The molecule has 0 radical (unpaired) electrons. The van der Waals surface area contributed by atoms with Crippen LogP contribution in [-0.2, 0) is 4.79 Å². The van der Waals surface area contributed by atoms with E-state index >= 15 is 0 Å². The van der Waals surface area contributed by atoms with E-state index in [-0.39, 0.29) is 18.1 Å². The van der Waals surface area contributed by atoms with E-state index in [1.54, 1.807) is 49.6 Å². The Labute approximate surface area is 138 Å². The molecule has 2 rings (SSSR count). The number of ether oxygens (including phenoxy) is 1. The maximum Gasteiger partial charge on any atom is 0.278 e. The SMILES string of the molecule is COc1ccc(NCC(=O)NN=Cc2ccccc2[N+](=O)[O-])cc1. The van der Waals surface area contributed by atoms with E-state index in [0.717, 1.165) is 11.4 Å². The summed E-state index contributed by atoms with van der Waals surface area (Å²) in [6.45, 7) is 0.0144. The molecule has 8 nitrogen and oxygen atoms in total. The predicted molar refractivity (Wildman–Crippen MR) is 90.3 cm³/mol. The summed E-state index contributed by atoms with van der Waals surface area (Å²) in [6.07, 6.45) is 1.24. The average molecular weight is 328 g/mol. The molecule has 0 fully saturated rings. The van der Waals surface area contributed by atoms with Gasteiger partial charge in [-0.15, -0.1) is 0 Å². The number of carbonyl (C=O) groups excluding carboxylic acids is 1. The minimum Gasteiger partial charge on any atom is -0.497 e. The second-order valence-corrected chi connectivity index (χ2v) is 4.69. The van der Waals surface area contributed by atoms with Gasteiger partial charge >= 0.3 is 0 Å². The van der Waals surface area contributed by atoms with Crippen LogP contribution in [0.1, 0.15) is 5.56 Å². The summed E-state index contributed by atoms with van der Waals surface area (Å²) in [6, 6.07) is 13.2. The Balaban J connectivity index is 1.85. The van der Waals surface area contributed by atoms with E-state index in [9.17, 15) is 14.9 Å². The van der Waals surface area contributed by atoms with Crippen molar-refractivity contribution in [2.75, 3.05) is 19.0 Å². The highest BCUT2D eigenvalue weighted by atomic mass is 16.6. The number of carbonyl (C=O) groups is 1. The van der Waals surface area contributed by atoms with E-state index in [1.807, 2.05) is 0 Å². The van der Waals surface area contributed by atoms with Crippen molar-refractivity contribution in [1.82, 2.24) is 5.43 Å². The van der Waals surface area contributed by atoms with Crippen molar-refractivity contribution >= 4 is 23.5 Å². The normalized spacial score (nSPS) is 10.4. The molecule has 0 aliphatic heterocycles. The number of amides is 1. The molecule has 24 heavy (non-hydrogen) atoms. The van der Waals surface area contributed by atoms with Gasteiger partial charge in [0.1, 0.15) is 5.75 Å². The molecule has 0 heterocycles. The van der Waals surface area contributed by atoms with Crippen LogP contribution in [0, 0.1) is 10.1 Å². The van der Waals surface area contributed by atoms with Gasteiger partial charge in [0.05, 0.1) is 30.4 Å². The Hall–Kier alpha value is -3.42. The zero-order chi connectivity index (χ0) is 17.4. The molecule has 0 bridgehead atoms. The van der Waals surface area contributed by atoms with Crippen LogP contribution in [0.3, 0.4) is 0 Å². The maximum absolute atomic E-state index is 11.7. The van der Waals surface area contributed by atoms with Crippen LogP contribution in [-0.4, -0.2) is 30.7 Å². The van der Waals surface area contributed by atoms with Crippen molar-refractivity contribution in [3.8, 4) is 5.75 Å². The third-order valence-electron chi connectivity index (χ3n) is 3.07. The molecule has 124 valence electrons. The third-order valence-corrected chi connectivity index (χ3v) is 3.07. The van der Waals surface area contributed by atoms with Crippen molar-refractivity contribution in [2.24, 2.45) is 5.10 Å². The van der Waals surface area contributed by atoms with E-state index in [0.29, 0.717) is 5.56 Å². The molecule has 0 saturated carbocycles. The van der Waals surface area contributed by atoms with Gasteiger partial charge in [-0.1, -0.05) is 12.1 Å². The largest absolute Gasteiger partial charge is 0.497 e. The molecule has 1 amide bonds. The number of nitrogens with one attached hydrogen (secondary N) is 2. The summed E-state index contributed by atoms with van der Waals surface area (Å²) in [5, 5.41) is 17.5. The summed E-state index contributed by atoms with van der Waals surface area (Å²) in [7, 11) is 1.57. The third kappa shape index (κ3) is 4.80. The summed E-state index contributed by atoms with van der Waals surface area (Å²) in [5.41, 5.74) is 3.30. The van der Waals surface area contributed by atoms with Gasteiger partial charge in [-0.25, -0.2) is 5.43 Å². The first-order chi connectivity index (χ1) is 11.6. The van der Waals surface area contributed by atoms with Gasteiger partial charge in [-0.2, -0.15) is 5.10 Å². The Kier molecular flexibility index (Phi) is 5.84. The van der Waals surface area contributed by atoms with Gasteiger partial charge in [0.15, 0.2) is 0 Å². The van der Waals surface area contributed by atoms with E-state index in [4.69, 9.17) is 4.74 Å². The number of hydrogen-bond donors (Lipinski definition) is 2. The fourth-order valence-electron chi connectivity index (χ4n) is 1.87. The molecule has 0 aliphatic carbocycles. The van der Waals surface area contributed by atoms with Gasteiger partial charge in [0, 0.05) is 11.8 Å². The number of benzene rings is 2. The number of para-hydroxylation sites is 1. The molecule has 2 N–H and O–H groups in total. The Bertz CT molecular complexity index is 744. The monoisotopic (exact) mass is 328 g/mol. The minimum atomic E-state index is -0.506. The summed E-state index contributed by atoms with van der Waals surface area (Å²) in [4.78, 5) is 22.1. The maximum atomic E-state index is 11.7. The Morgan fingerprint density at radius 3 is 2.62 bits per heavy atom. The Morgan fingerprint density at radius 1 is 1.25 bits per heavy atom. The van der Waals surface area contributed by atoms with Crippen LogP contribution in [0.5, 0.6) is 5.75 Å². The van der Waals surface area contributed by atoms with Crippen LogP contribution >= 0.6 is 0 Å². The molecule has 8 heteroatoms. The first-order valence-corrected chi connectivity index (χ1v) is 7.03. The van der Waals surface area contributed by atoms with Crippen molar-refractivity contribution in [2.45, 2.75) is 0 Å². The molecular formula is C16H16N4O4. The van der Waals surface area contributed by atoms with Crippen molar-refractivity contribution in [3.63, 3.8) is 0 Å². The summed E-state index contributed by atoms with van der Waals surface area (Å²) in [5.74, 6) is 0.347. The number of methoxy groups -OCH3 is 1. The number of anilines is 1. The lowest BCUT2D eigenvalue weighted by atomic mass is 10.2. The zero-order valence-corrected chi connectivity index (χ0v) is 12.9. The zero-order valence-electron chi connectivity index (χ0n) is 12.9. The number of hydrogen-bond acceptors (Lipinski definition) is 6. The molecule has 0 saturated heterocycles. The van der Waals surface area contributed by atoms with Crippen LogP contribution in [0.4, 0.5) is 11.4 Å². The predicted octanol–water partition coefficient (Wildman–Crippen LogP) is 2.17. The first-order valence-electron chi connectivity index (χ1n) is 7.03. The van der Waals surface area contributed by atoms with Crippen molar-refractivity contribution in [3.05, 3.63) is 64.2 Å². The summed E-state index contributed by atoms with van der Waals surface area (Å²) >= 11 is 0. The van der Waals surface area contributed by atoms with E-state index in [1.165, 1.54) is 12.3 Å². The molecule has 0 aromatic heterocycles. The van der Waals surface area contributed by atoms with Crippen LogP contribution in [0.25, 0.3) is 0 Å². The highest BCUT2D eigenvalue weighted by Gasteiger charge is 2.10. The smallest absolute Gasteiger partial charge is 0.278 e. The lowest BCUT2D eigenvalue weighted by molar-refractivity contribution is -0.385. The topological polar surface area (TPSA) is 106 Å². The summed E-state index contributed by atoms with van der Waals surface area (Å²) < 4.78 is 5.04. The molecular weight excluding hydrogens is 312 g/mol. The van der Waals surface area contributed by atoms with Gasteiger partial charge in [0.2, 0.25) is 0 Å². The molecule has 0 atom stereocenters. The van der Waals surface area contributed by atoms with Crippen LogP contribution in [0.15, 0.2) is 53.6 Å². The average Bonchev–Trinajstić information content (AvgIpc) is 2.60. The minimum absolute atomic E-state index is 0.0144. The molecule has 0 unspecified atom stereocenters. The fourth-order valence-corrected chi connectivity index (χ4v) is 1.87. The standard InChI is InChI=1S/C16H16N4O4/c1-24-14-8-6-13(7-9-14)17-11-16(21)19-18-10-12-4-2-3-5-15(12)20(22)23/h2-10,17H,11H2,1H3,(H,19,21). The van der Waals surface area contributed by atoms with Crippen molar-refractivity contribution in [1.29, 1.82) is 0 Å². The fraction of sp³-hybridized carbons (Fsp3) is 0.125. The highest BCUT2D eigenvalue weighted by Crippen LogP contribution is 2.15.